The van der Waals surface area contributed by atoms with E-state index in [9.17, 15) is 33.9 Å². The van der Waals surface area contributed by atoms with E-state index in [2.05, 4.69) is 0 Å². The van der Waals surface area contributed by atoms with Gasteiger partial charge in [-0.05, 0) is 77.0 Å². The van der Waals surface area contributed by atoms with E-state index >= 15 is 0 Å². The second-order valence-electron chi connectivity index (χ2n) is 10.0. The van der Waals surface area contributed by atoms with Crippen molar-refractivity contribution in [2.24, 2.45) is 29.6 Å². The topological polar surface area (TPSA) is 182 Å². The lowest BCUT2D eigenvalue weighted by atomic mass is 9.78. The Morgan fingerprint density at radius 2 is 0.857 bits per heavy atom. The van der Waals surface area contributed by atoms with Gasteiger partial charge in [-0.1, -0.05) is 0 Å². The predicted molar refractivity (Wildman–Crippen MR) is 116 cm³/mol. The maximum Gasteiger partial charge on any atom is 0.348 e. The molecule has 0 atom stereocenters. The van der Waals surface area contributed by atoms with Crippen LogP contribution in [0.1, 0.15) is 77.0 Å². The second-order valence-corrected chi connectivity index (χ2v) is 10.0. The molecule has 3 rings (SSSR count). The van der Waals surface area contributed by atoms with Crippen LogP contribution in [-0.4, -0.2) is 56.7 Å². The van der Waals surface area contributed by atoms with Crippen molar-refractivity contribution >= 4 is 35.8 Å². The predicted octanol–water partition coefficient (Wildman–Crippen LogP) is 2.39. The smallest absolute Gasteiger partial charge is 0.348 e. The van der Waals surface area contributed by atoms with E-state index in [-0.39, 0.29) is 38.5 Å². The summed E-state index contributed by atoms with van der Waals surface area (Å²) in [6.07, 6.45) is 2.69. The first-order valence-electron chi connectivity index (χ1n) is 12.2. The number of rotatable bonds is 7. The molecule has 0 radical (unpaired) electrons. The molecule has 3 fully saturated rings. The summed E-state index contributed by atoms with van der Waals surface area (Å²) in [5, 5.41) is 27.8. The van der Waals surface area contributed by atoms with Crippen molar-refractivity contribution in [3.8, 4) is 0 Å². The number of carboxylic acids is 3. The zero-order chi connectivity index (χ0) is 25.8. The van der Waals surface area contributed by atoms with Gasteiger partial charge in [0.15, 0.2) is 0 Å². The Bertz CT molecular complexity index is 855. The van der Waals surface area contributed by atoms with Crippen LogP contribution in [-0.2, 0) is 38.2 Å². The van der Waals surface area contributed by atoms with Crippen LogP contribution in [0.4, 0.5) is 0 Å². The summed E-state index contributed by atoms with van der Waals surface area (Å²) < 4.78 is 10.5. The Morgan fingerprint density at radius 1 is 0.514 bits per heavy atom. The van der Waals surface area contributed by atoms with Gasteiger partial charge in [0.25, 0.3) is 0 Å². The fourth-order valence-electron chi connectivity index (χ4n) is 5.37. The molecular weight excluding hydrogens is 464 g/mol. The minimum absolute atomic E-state index is 0.0663. The fraction of sp³-hybridized carbons (Fsp3) is 0.750. The van der Waals surface area contributed by atoms with Crippen molar-refractivity contribution < 1.29 is 53.6 Å². The summed E-state index contributed by atoms with van der Waals surface area (Å²) in [6, 6.07) is 0. The Balaban J connectivity index is 1.45. The molecule has 0 heterocycles. The first-order valence-corrected chi connectivity index (χ1v) is 12.2. The molecule has 0 amide bonds. The van der Waals surface area contributed by atoms with Crippen molar-refractivity contribution in [1.82, 2.24) is 0 Å². The number of carbonyl (C=O) groups excluding carboxylic acids is 3. The Hall–Kier alpha value is -2.98. The molecule has 0 saturated heterocycles. The molecule has 3 saturated carbocycles. The van der Waals surface area contributed by atoms with Gasteiger partial charge in [0.2, 0.25) is 5.60 Å². The minimum Gasteiger partial charge on any atom is -0.481 e. The maximum atomic E-state index is 12.7. The quantitative estimate of drug-likeness (QED) is 0.347. The van der Waals surface area contributed by atoms with Gasteiger partial charge < -0.3 is 24.8 Å². The maximum absolute atomic E-state index is 12.7. The molecule has 194 valence electrons. The van der Waals surface area contributed by atoms with Crippen LogP contribution in [0.15, 0.2) is 0 Å². The van der Waals surface area contributed by atoms with Crippen LogP contribution in [0.5, 0.6) is 0 Å². The van der Waals surface area contributed by atoms with E-state index < -0.39 is 71.0 Å². The Labute approximate surface area is 202 Å². The molecule has 0 aromatic rings. The highest BCUT2D eigenvalue weighted by atomic mass is 16.6. The zero-order valence-electron chi connectivity index (χ0n) is 19.5. The summed E-state index contributed by atoms with van der Waals surface area (Å²) in [5.41, 5.74) is -1.73. The summed E-state index contributed by atoms with van der Waals surface area (Å²) in [5.74, 6) is -7.90. The third kappa shape index (κ3) is 6.37. The summed E-state index contributed by atoms with van der Waals surface area (Å²) in [4.78, 5) is 71.5. The van der Waals surface area contributed by atoms with E-state index in [4.69, 9.17) is 19.7 Å². The number of esters is 3. The van der Waals surface area contributed by atoms with E-state index in [0.717, 1.165) is 0 Å². The summed E-state index contributed by atoms with van der Waals surface area (Å²) in [7, 11) is 0. The first-order chi connectivity index (χ1) is 16.5. The fourth-order valence-corrected chi connectivity index (χ4v) is 5.37. The van der Waals surface area contributed by atoms with Gasteiger partial charge in [-0.3, -0.25) is 24.0 Å². The van der Waals surface area contributed by atoms with E-state index in [1.807, 2.05) is 0 Å². The summed E-state index contributed by atoms with van der Waals surface area (Å²) >= 11 is 0. The highest BCUT2D eigenvalue weighted by Gasteiger charge is 2.48. The molecule has 3 aliphatic carbocycles. The van der Waals surface area contributed by atoms with Gasteiger partial charge in [-0.15, -0.1) is 0 Å². The molecule has 3 N–H and O–H groups in total. The van der Waals surface area contributed by atoms with Crippen molar-refractivity contribution in [1.29, 1.82) is 0 Å². The highest BCUT2D eigenvalue weighted by molar-refractivity contribution is 5.88. The zero-order valence-corrected chi connectivity index (χ0v) is 19.5. The molecule has 35 heavy (non-hydrogen) atoms. The van der Waals surface area contributed by atoms with Crippen LogP contribution in [0.25, 0.3) is 0 Å². The van der Waals surface area contributed by atoms with Crippen LogP contribution >= 0.6 is 0 Å². The van der Waals surface area contributed by atoms with Crippen molar-refractivity contribution in [2.45, 2.75) is 82.7 Å². The van der Waals surface area contributed by atoms with Crippen LogP contribution in [0.3, 0.4) is 0 Å². The number of carbonyl (C=O) groups is 6. The van der Waals surface area contributed by atoms with E-state index in [1.54, 1.807) is 0 Å². The van der Waals surface area contributed by atoms with Crippen molar-refractivity contribution in [3.05, 3.63) is 0 Å². The molecule has 0 spiro atoms. The average molecular weight is 497 g/mol. The van der Waals surface area contributed by atoms with Gasteiger partial charge in [0, 0.05) is 0 Å². The van der Waals surface area contributed by atoms with E-state index in [1.165, 1.54) is 0 Å². The highest BCUT2D eigenvalue weighted by Crippen LogP contribution is 2.38. The van der Waals surface area contributed by atoms with Crippen LogP contribution in [0, 0.1) is 29.6 Å². The molecule has 3 aliphatic rings. The summed E-state index contributed by atoms with van der Waals surface area (Å²) in [6.45, 7) is 0. The lowest BCUT2D eigenvalue weighted by Gasteiger charge is -2.36. The number of hydrogen-bond donors (Lipinski definition) is 3. The van der Waals surface area contributed by atoms with Gasteiger partial charge in [0.1, 0.15) is 0 Å². The number of aliphatic carboxylic acids is 3. The van der Waals surface area contributed by atoms with Crippen molar-refractivity contribution in [3.63, 3.8) is 0 Å². The largest absolute Gasteiger partial charge is 0.481 e. The molecule has 11 nitrogen and oxygen atoms in total. The Kier molecular flexibility index (Phi) is 8.50. The third-order valence-electron chi connectivity index (χ3n) is 7.83. The first kappa shape index (κ1) is 26.6. The van der Waals surface area contributed by atoms with Crippen LogP contribution < -0.4 is 0 Å². The number of carboxylic acid groups (broad SMARTS) is 3. The van der Waals surface area contributed by atoms with E-state index in [0.29, 0.717) is 38.5 Å². The molecule has 0 aliphatic heterocycles. The SMILES string of the molecule is O=C(O)C1CCC(C(=O)OC(=O)C2CCC(C(=O)OC3(C(=O)O)CCC(C(=O)O)CC3)CC2)CC1. The second kappa shape index (κ2) is 11.2. The molecular formula is C24H32O11. The lowest BCUT2D eigenvalue weighted by Crippen LogP contribution is -2.48. The van der Waals surface area contributed by atoms with Gasteiger partial charge >= 0.3 is 35.8 Å². The van der Waals surface area contributed by atoms with Gasteiger partial charge in [-0.25, -0.2) is 4.79 Å². The van der Waals surface area contributed by atoms with Crippen LogP contribution in [0.2, 0.25) is 0 Å². The van der Waals surface area contributed by atoms with Gasteiger partial charge in [0.05, 0.1) is 29.6 Å². The number of ether oxygens (including phenoxy) is 2. The molecule has 0 aromatic heterocycles. The minimum atomic E-state index is -1.73. The van der Waals surface area contributed by atoms with Crippen molar-refractivity contribution in [2.75, 3.05) is 0 Å². The normalized spacial score (nSPS) is 33.2. The Morgan fingerprint density at radius 3 is 1.23 bits per heavy atom. The molecule has 0 aromatic carbocycles. The monoisotopic (exact) mass is 496 g/mol. The van der Waals surface area contributed by atoms with Gasteiger partial charge in [-0.2, -0.15) is 0 Å². The molecule has 11 heteroatoms. The number of hydrogen-bond acceptors (Lipinski definition) is 8. The molecule has 0 bridgehead atoms. The molecule has 0 unspecified atom stereocenters. The third-order valence-corrected chi connectivity index (χ3v) is 7.83. The lowest BCUT2D eigenvalue weighted by molar-refractivity contribution is -0.188. The standard InChI is InChI=1S/C24H32O11/c25-18(26)13-1-3-15(4-2-13)20(29)34-21(30)16-5-7-17(8-6-16)22(31)35-24(23(32)33)11-9-14(10-12-24)19(27)28/h13-17H,1-12H2,(H,25,26)(H,27,28)(H,32,33). The average Bonchev–Trinajstić information content (AvgIpc) is 2.84.